The molecule has 0 bridgehead atoms. The fourth-order valence-electron chi connectivity index (χ4n) is 1.12. The predicted octanol–water partition coefficient (Wildman–Crippen LogP) is 0.288. The number of hydrogen-bond donors (Lipinski definition) is 1. The van der Waals surface area contributed by atoms with Gasteiger partial charge in [0.05, 0.1) is 18.0 Å². The maximum atomic E-state index is 5.44. The number of rotatable bonds is 4. The first-order valence-corrected chi connectivity index (χ1v) is 4.64. The Kier molecular flexibility index (Phi) is 2.99. The van der Waals surface area contributed by atoms with Crippen molar-refractivity contribution in [2.24, 2.45) is 0 Å². The first-order valence-electron chi connectivity index (χ1n) is 4.64. The first-order chi connectivity index (χ1) is 7.40. The minimum atomic E-state index is 0.482. The Balaban J connectivity index is 2.14. The molecule has 0 amide bonds. The topological polar surface area (TPSA) is 76.7 Å². The third-order valence-electron chi connectivity index (χ3n) is 1.89. The number of nitrogens with zero attached hydrogens (tertiary/aromatic N) is 4. The average Bonchev–Trinajstić information content (AvgIpc) is 2.76. The summed E-state index contributed by atoms with van der Waals surface area (Å²) in [4.78, 5) is 0. The fraction of sp³-hybridized carbons (Fsp3) is 0.333. The van der Waals surface area contributed by atoms with Gasteiger partial charge in [0.2, 0.25) is 11.8 Å². The third kappa shape index (κ3) is 2.35. The van der Waals surface area contributed by atoms with Gasteiger partial charge in [0, 0.05) is 13.0 Å². The van der Waals surface area contributed by atoms with Gasteiger partial charge in [-0.25, -0.2) is 0 Å². The van der Waals surface area contributed by atoms with Gasteiger partial charge in [0.1, 0.15) is 0 Å². The van der Waals surface area contributed by atoms with E-state index < -0.39 is 0 Å². The van der Waals surface area contributed by atoms with Crippen LogP contribution >= 0.6 is 0 Å². The smallest absolute Gasteiger partial charge is 0.249 e. The summed E-state index contributed by atoms with van der Waals surface area (Å²) in [5, 5.41) is 18.3. The van der Waals surface area contributed by atoms with Crippen molar-refractivity contribution in [1.82, 2.24) is 25.7 Å². The predicted molar refractivity (Wildman–Crippen MR) is 53.0 cm³/mol. The molecule has 2 heterocycles. The van der Waals surface area contributed by atoms with Crippen LogP contribution in [-0.2, 0) is 6.42 Å². The molecule has 0 unspecified atom stereocenters. The molecule has 0 aromatic carbocycles. The normalized spacial score (nSPS) is 10.5. The number of likely N-dealkylation sites (N-methyl/N-ethyl adjacent to an activating group) is 1. The molecule has 0 saturated carbocycles. The number of hydrogen-bond acceptors (Lipinski definition) is 6. The molecular weight excluding hydrogens is 194 g/mol. The number of nitrogens with one attached hydrogen (secondary N) is 1. The van der Waals surface area contributed by atoms with E-state index in [0.717, 1.165) is 18.5 Å². The third-order valence-corrected chi connectivity index (χ3v) is 1.89. The van der Waals surface area contributed by atoms with Crippen molar-refractivity contribution in [3.63, 3.8) is 0 Å². The number of aromatic nitrogens is 4. The largest absolute Gasteiger partial charge is 0.421 e. The van der Waals surface area contributed by atoms with E-state index in [-0.39, 0.29) is 0 Å². The molecule has 2 rings (SSSR count). The van der Waals surface area contributed by atoms with E-state index in [1.807, 2.05) is 7.05 Å². The highest BCUT2D eigenvalue weighted by Gasteiger charge is 2.07. The lowest BCUT2D eigenvalue weighted by Gasteiger charge is -1.92. The summed E-state index contributed by atoms with van der Waals surface area (Å²) in [6, 6.07) is 1.78. The summed E-state index contributed by atoms with van der Waals surface area (Å²) < 4.78 is 5.44. The van der Waals surface area contributed by atoms with Crippen LogP contribution < -0.4 is 5.32 Å². The van der Waals surface area contributed by atoms with Crippen LogP contribution in [0.15, 0.2) is 22.9 Å². The van der Waals surface area contributed by atoms with Crippen LogP contribution in [0.25, 0.3) is 11.5 Å². The highest BCUT2D eigenvalue weighted by Crippen LogP contribution is 2.15. The highest BCUT2D eigenvalue weighted by atomic mass is 16.4. The maximum absolute atomic E-state index is 5.44. The lowest BCUT2D eigenvalue weighted by molar-refractivity contribution is 0.500. The Morgan fingerprint density at radius 3 is 3.00 bits per heavy atom. The van der Waals surface area contributed by atoms with E-state index in [0.29, 0.717) is 11.8 Å². The van der Waals surface area contributed by atoms with E-state index in [2.05, 4.69) is 25.7 Å². The quantitative estimate of drug-likeness (QED) is 0.773. The molecule has 6 heteroatoms. The van der Waals surface area contributed by atoms with Gasteiger partial charge in [-0.3, -0.25) is 0 Å². The Morgan fingerprint density at radius 1 is 1.33 bits per heavy atom. The summed E-state index contributed by atoms with van der Waals surface area (Å²) in [5.74, 6) is 1.10. The van der Waals surface area contributed by atoms with Crippen molar-refractivity contribution in [3.05, 3.63) is 24.4 Å². The van der Waals surface area contributed by atoms with Gasteiger partial charge >= 0.3 is 0 Å². The summed E-state index contributed by atoms with van der Waals surface area (Å²) in [6.07, 6.45) is 3.91. The second kappa shape index (κ2) is 4.61. The van der Waals surface area contributed by atoms with Crippen LogP contribution in [-0.4, -0.2) is 34.0 Å². The lowest BCUT2D eigenvalue weighted by atomic mass is 10.3. The molecular formula is C9H11N5O. The second-order valence-electron chi connectivity index (χ2n) is 2.99. The molecule has 15 heavy (non-hydrogen) atoms. The molecule has 2 aromatic heterocycles. The Labute approximate surface area is 86.7 Å². The molecule has 78 valence electrons. The van der Waals surface area contributed by atoms with Gasteiger partial charge in [-0.1, -0.05) is 0 Å². The fourth-order valence-corrected chi connectivity index (χ4v) is 1.12. The van der Waals surface area contributed by atoms with Crippen LogP contribution in [0.5, 0.6) is 0 Å². The molecule has 2 aromatic rings. The molecule has 0 spiro atoms. The second-order valence-corrected chi connectivity index (χ2v) is 2.99. The minimum absolute atomic E-state index is 0.482. The molecule has 0 radical (unpaired) electrons. The van der Waals surface area contributed by atoms with Crippen LogP contribution in [0.4, 0.5) is 0 Å². The van der Waals surface area contributed by atoms with Crippen molar-refractivity contribution in [2.45, 2.75) is 6.42 Å². The monoisotopic (exact) mass is 205 g/mol. The van der Waals surface area contributed by atoms with Crippen molar-refractivity contribution in [1.29, 1.82) is 0 Å². The van der Waals surface area contributed by atoms with Crippen LogP contribution in [0, 0.1) is 0 Å². The van der Waals surface area contributed by atoms with E-state index >= 15 is 0 Å². The van der Waals surface area contributed by atoms with Crippen LogP contribution in [0.2, 0.25) is 0 Å². The Bertz CT molecular complexity index is 413. The SMILES string of the molecule is CNCCc1nnc(-c2ccnnc2)o1. The zero-order valence-corrected chi connectivity index (χ0v) is 8.34. The van der Waals surface area contributed by atoms with Gasteiger partial charge in [-0.15, -0.1) is 10.2 Å². The zero-order valence-electron chi connectivity index (χ0n) is 8.34. The molecule has 0 atom stereocenters. The van der Waals surface area contributed by atoms with Gasteiger partial charge < -0.3 is 9.73 Å². The van der Waals surface area contributed by atoms with E-state index in [1.54, 1.807) is 18.5 Å². The zero-order chi connectivity index (χ0) is 10.5. The van der Waals surface area contributed by atoms with E-state index in [4.69, 9.17) is 4.42 Å². The molecule has 0 aliphatic carbocycles. The molecule has 0 aliphatic rings. The molecule has 0 fully saturated rings. The minimum Gasteiger partial charge on any atom is -0.421 e. The average molecular weight is 205 g/mol. The van der Waals surface area contributed by atoms with Crippen molar-refractivity contribution in [3.8, 4) is 11.5 Å². The summed E-state index contributed by atoms with van der Waals surface area (Å²) in [6.45, 7) is 0.816. The van der Waals surface area contributed by atoms with Crippen LogP contribution in [0.3, 0.4) is 0 Å². The molecule has 1 N–H and O–H groups in total. The standard InChI is InChI=1S/C9H11N5O/c1-10-4-3-8-13-14-9(15-8)7-2-5-11-12-6-7/h2,5-6,10H,3-4H2,1H3. The molecule has 0 aliphatic heterocycles. The Hall–Kier alpha value is -1.82. The van der Waals surface area contributed by atoms with Gasteiger partial charge in [-0.05, 0) is 13.1 Å². The maximum Gasteiger partial charge on any atom is 0.249 e. The summed E-state index contributed by atoms with van der Waals surface area (Å²) in [7, 11) is 1.88. The van der Waals surface area contributed by atoms with Gasteiger partial charge in [0.25, 0.3) is 0 Å². The van der Waals surface area contributed by atoms with E-state index in [1.165, 1.54) is 0 Å². The molecule has 6 nitrogen and oxygen atoms in total. The van der Waals surface area contributed by atoms with Crippen molar-refractivity contribution >= 4 is 0 Å². The summed E-state index contributed by atoms with van der Waals surface area (Å²) >= 11 is 0. The van der Waals surface area contributed by atoms with Gasteiger partial charge in [-0.2, -0.15) is 10.2 Å². The van der Waals surface area contributed by atoms with Gasteiger partial charge in [0.15, 0.2) is 0 Å². The molecule has 0 saturated heterocycles. The van der Waals surface area contributed by atoms with E-state index in [9.17, 15) is 0 Å². The lowest BCUT2D eigenvalue weighted by Crippen LogP contribution is -2.10. The highest BCUT2D eigenvalue weighted by molar-refractivity contribution is 5.49. The van der Waals surface area contributed by atoms with Crippen molar-refractivity contribution in [2.75, 3.05) is 13.6 Å². The first kappa shape index (κ1) is 9.72. The summed E-state index contributed by atoms with van der Waals surface area (Å²) in [5.41, 5.74) is 0.785. The Morgan fingerprint density at radius 2 is 2.27 bits per heavy atom. The van der Waals surface area contributed by atoms with Crippen LogP contribution in [0.1, 0.15) is 5.89 Å². The van der Waals surface area contributed by atoms with Crippen molar-refractivity contribution < 1.29 is 4.42 Å².